The fourth-order valence-electron chi connectivity index (χ4n) is 2.40. The number of rotatable bonds is 5. The van der Waals surface area contributed by atoms with E-state index < -0.39 is 0 Å². The molecule has 0 bridgehead atoms. The van der Waals surface area contributed by atoms with E-state index in [-0.39, 0.29) is 6.10 Å². The van der Waals surface area contributed by atoms with Gasteiger partial charge in [0.1, 0.15) is 0 Å². The van der Waals surface area contributed by atoms with Crippen LogP contribution in [0.5, 0.6) is 0 Å². The number of nitrogens with zero attached hydrogens (tertiary/aromatic N) is 1. The molecular weight excluding hydrogens is 186 g/mol. The largest absolute Gasteiger partial charge is 0.393 e. The van der Waals surface area contributed by atoms with Crippen LogP contribution in [0.25, 0.3) is 0 Å². The van der Waals surface area contributed by atoms with E-state index in [9.17, 15) is 5.11 Å². The highest BCUT2D eigenvalue weighted by molar-refractivity contribution is 4.71. The van der Waals surface area contributed by atoms with Gasteiger partial charge in [0.2, 0.25) is 0 Å². The Kier molecular flexibility index (Phi) is 6.26. The van der Waals surface area contributed by atoms with Crippen molar-refractivity contribution >= 4 is 0 Å². The van der Waals surface area contributed by atoms with Crippen molar-refractivity contribution in [2.24, 2.45) is 0 Å². The summed E-state index contributed by atoms with van der Waals surface area (Å²) in [7, 11) is 0. The van der Waals surface area contributed by atoms with Gasteiger partial charge >= 0.3 is 0 Å². The topological polar surface area (TPSA) is 23.5 Å². The zero-order chi connectivity index (χ0) is 11.1. The second-order valence-electron chi connectivity index (χ2n) is 4.94. The van der Waals surface area contributed by atoms with Gasteiger partial charge in [-0.25, -0.2) is 0 Å². The van der Waals surface area contributed by atoms with Crippen LogP contribution in [0, 0.1) is 0 Å². The van der Waals surface area contributed by atoms with E-state index in [2.05, 4.69) is 18.7 Å². The maximum Gasteiger partial charge on any atom is 0.0538 e. The van der Waals surface area contributed by atoms with Gasteiger partial charge < -0.3 is 10.0 Å². The SMILES string of the molecule is CCC(O)CCCN1CCCCCC1C. The van der Waals surface area contributed by atoms with Gasteiger partial charge in [0, 0.05) is 6.04 Å². The maximum atomic E-state index is 9.49. The Morgan fingerprint density at radius 1 is 1.33 bits per heavy atom. The first-order chi connectivity index (χ1) is 7.24. The van der Waals surface area contributed by atoms with Crippen LogP contribution in [-0.2, 0) is 0 Å². The first-order valence-corrected chi connectivity index (χ1v) is 6.66. The number of likely N-dealkylation sites (tertiary alicyclic amines) is 1. The zero-order valence-corrected chi connectivity index (χ0v) is 10.4. The highest BCUT2D eigenvalue weighted by Gasteiger charge is 2.16. The summed E-state index contributed by atoms with van der Waals surface area (Å²) in [6.07, 6.45) is 8.46. The van der Waals surface area contributed by atoms with E-state index in [0.29, 0.717) is 0 Å². The molecule has 2 heteroatoms. The minimum absolute atomic E-state index is 0.0766. The van der Waals surface area contributed by atoms with Gasteiger partial charge in [-0.1, -0.05) is 19.8 Å². The van der Waals surface area contributed by atoms with Gasteiger partial charge in [0.05, 0.1) is 6.10 Å². The van der Waals surface area contributed by atoms with Crippen LogP contribution in [0.2, 0.25) is 0 Å². The summed E-state index contributed by atoms with van der Waals surface area (Å²) in [5, 5.41) is 9.49. The van der Waals surface area contributed by atoms with Crippen LogP contribution < -0.4 is 0 Å². The second-order valence-corrected chi connectivity index (χ2v) is 4.94. The van der Waals surface area contributed by atoms with Crippen LogP contribution >= 0.6 is 0 Å². The Morgan fingerprint density at radius 3 is 2.87 bits per heavy atom. The molecule has 1 saturated heterocycles. The van der Waals surface area contributed by atoms with E-state index in [1.54, 1.807) is 0 Å². The van der Waals surface area contributed by atoms with E-state index in [1.165, 1.54) is 38.8 Å². The Hall–Kier alpha value is -0.0800. The molecular formula is C13H27NO. The molecule has 1 aliphatic heterocycles. The smallest absolute Gasteiger partial charge is 0.0538 e. The molecule has 0 aliphatic carbocycles. The zero-order valence-electron chi connectivity index (χ0n) is 10.4. The summed E-state index contributed by atoms with van der Waals surface area (Å²) in [5.41, 5.74) is 0. The Morgan fingerprint density at radius 2 is 2.13 bits per heavy atom. The monoisotopic (exact) mass is 213 g/mol. The van der Waals surface area contributed by atoms with Crippen molar-refractivity contribution in [3.63, 3.8) is 0 Å². The van der Waals surface area contributed by atoms with Crippen molar-refractivity contribution in [2.75, 3.05) is 13.1 Å². The molecule has 0 saturated carbocycles. The molecule has 1 rings (SSSR count). The van der Waals surface area contributed by atoms with E-state index in [4.69, 9.17) is 0 Å². The number of hydrogen-bond acceptors (Lipinski definition) is 2. The fourth-order valence-corrected chi connectivity index (χ4v) is 2.40. The van der Waals surface area contributed by atoms with Gasteiger partial charge in [-0.2, -0.15) is 0 Å². The third-order valence-electron chi connectivity index (χ3n) is 3.64. The molecule has 1 heterocycles. The molecule has 2 nitrogen and oxygen atoms in total. The van der Waals surface area contributed by atoms with Gasteiger partial charge in [-0.05, 0) is 52.1 Å². The minimum atomic E-state index is -0.0766. The molecule has 0 aromatic rings. The lowest BCUT2D eigenvalue weighted by Crippen LogP contribution is -2.33. The summed E-state index contributed by atoms with van der Waals surface area (Å²) < 4.78 is 0. The molecule has 0 amide bonds. The molecule has 2 atom stereocenters. The molecule has 0 aromatic heterocycles. The number of aliphatic hydroxyl groups excluding tert-OH is 1. The van der Waals surface area contributed by atoms with E-state index >= 15 is 0 Å². The minimum Gasteiger partial charge on any atom is -0.393 e. The molecule has 1 fully saturated rings. The van der Waals surface area contributed by atoms with Crippen molar-refractivity contribution in [1.29, 1.82) is 0 Å². The first kappa shape index (κ1) is 13.0. The lowest BCUT2D eigenvalue weighted by molar-refractivity contribution is 0.142. The molecule has 1 N–H and O–H groups in total. The quantitative estimate of drug-likeness (QED) is 0.759. The van der Waals surface area contributed by atoms with Crippen LogP contribution in [0.15, 0.2) is 0 Å². The molecule has 90 valence electrons. The van der Waals surface area contributed by atoms with Crippen molar-refractivity contribution in [2.45, 2.75) is 70.9 Å². The number of aliphatic hydroxyl groups is 1. The van der Waals surface area contributed by atoms with Gasteiger partial charge in [-0.3, -0.25) is 0 Å². The summed E-state index contributed by atoms with van der Waals surface area (Å²) in [4.78, 5) is 2.61. The Labute approximate surface area is 94.7 Å². The third-order valence-corrected chi connectivity index (χ3v) is 3.64. The molecule has 0 radical (unpaired) electrons. The fraction of sp³-hybridized carbons (Fsp3) is 1.00. The standard InChI is InChI=1S/C13H27NO/c1-3-13(15)9-7-11-14-10-6-4-5-8-12(14)2/h12-13,15H,3-11H2,1-2H3. The Bertz CT molecular complexity index is 161. The summed E-state index contributed by atoms with van der Waals surface area (Å²) >= 11 is 0. The predicted molar refractivity (Wildman–Crippen MR) is 65.0 cm³/mol. The van der Waals surface area contributed by atoms with Crippen LogP contribution in [0.4, 0.5) is 0 Å². The predicted octanol–water partition coefficient (Wildman–Crippen LogP) is 2.80. The molecule has 2 unspecified atom stereocenters. The van der Waals surface area contributed by atoms with Crippen LogP contribution in [-0.4, -0.2) is 35.2 Å². The average Bonchev–Trinajstić information content (AvgIpc) is 2.44. The van der Waals surface area contributed by atoms with E-state index in [0.717, 1.165) is 25.3 Å². The molecule has 0 aromatic carbocycles. The van der Waals surface area contributed by atoms with Gasteiger partial charge in [-0.15, -0.1) is 0 Å². The van der Waals surface area contributed by atoms with Gasteiger partial charge in [0.25, 0.3) is 0 Å². The van der Waals surface area contributed by atoms with Crippen molar-refractivity contribution in [3.05, 3.63) is 0 Å². The lowest BCUT2D eigenvalue weighted by Gasteiger charge is -2.27. The molecule has 0 spiro atoms. The van der Waals surface area contributed by atoms with Crippen molar-refractivity contribution in [3.8, 4) is 0 Å². The molecule has 1 aliphatic rings. The van der Waals surface area contributed by atoms with Crippen LogP contribution in [0.3, 0.4) is 0 Å². The lowest BCUT2D eigenvalue weighted by atomic mass is 10.1. The third kappa shape index (κ3) is 4.98. The second kappa shape index (κ2) is 7.24. The Balaban J connectivity index is 2.17. The summed E-state index contributed by atoms with van der Waals surface area (Å²) in [5.74, 6) is 0. The number of hydrogen-bond donors (Lipinski definition) is 1. The van der Waals surface area contributed by atoms with E-state index in [1.807, 2.05) is 0 Å². The summed E-state index contributed by atoms with van der Waals surface area (Å²) in [6.45, 7) is 6.85. The maximum absolute atomic E-state index is 9.49. The van der Waals surface area contributed by atoms with Crippen molar-refractivity contribution < 1.29 is 5.11 Å². The first-order valence-electron chi connectivity index (χ1n) is 6.66. The highest BCUT2D eigenvalue weighted by Crippen LogP contribution is 2.17. The molecule has 15 heavy (non-hydrogen) atoms. The van der Waals surface area contributed by atoms with Crippen molar-refractivity contribution in [1.82, 2.24) is 4.90 Å². The highest BCUT2D eigenvalue weighted by atomic mass is 16.3. The van der Waals surface area contributed by atoms with Crippen LogP contribution in [0.1, 0.15) is 58.8 Å². The average molecular weight is 213 g/mol. The summed E-state index contributed by atoms with van der Waals surface area (Å²) in [6, 6.07) is 0.756. The normalized spacial score (nSPS) is 26.2. The van der Waals surface area contributed by atoms with Gasteiger partial charge in [0.15, 0.2) is 0 Å².